The molecule has 32 heavy (non-hydrogen) atoms. The Morgan fingerprint density at radius 2 is 2.06 bits per heavy atom. The predicted octanol–water partition coefficient (Wildman–Crippen LogP) is 2.39. The van der Waals surface area contributed by atoms with Crippen molar-refractivity contribution in [2.75, 3.05) is 17.7 Å². The molecule has 13 heteroatoms. The molecule has 2 heterocycles. The van der Waals surface area contributed by atoms with Gasteiger partial charge >= 0.3 is 5.97 Å². The molecule has 1 aromatic carbocycles. The number of nitrogens with one attached hydrogen (secondary N) is 1. The number of hydrogen-bond donors (Lipinski definition) is 2. The Morgan fingerprint density at radius 3 is 2.75 bits per heavy atom. The van der Waals surface area contributed by atoms with E-state index in [2.05, 4.69) is 15.3 Å². The maximum atomic E-state index is 12.4. The minimum atomic E-state index is -3.83. The first-order valence-electron chi connectivity index (χ1n) is 9.77. The lowest BCUT2D eigenvalue weighted by atomic mass is 10.3. The number of amides is 1. The van der Waals surface area contributed by atoms with E-state index in [4.69, 9.17) is 9.88 Å². The zero-order valence-corrected chi connectivity index (χ0v) is 20.0. The van der Waals surface area contributed by atoms with Crippen molar-refractivity contribution in [1.82, 2.24) is 14.5 Å². The van der Waals surface area contributed by atoms with Gasteiger partial charge in [-0.2, -0.15) is 0 Å². The van der Waals surface area contributed by atoms with Gasteiger partial charge in [-0.05, 0) is 31.5 Å². The standard InChI is InChI=1S/C19H23N5O5S3/c1-3-7-24-15-6-5-13(32(20,27)28)9-14(15)22-19(24)31-11-16(25)23-18-21-12(10-30-18)8-17(26)29-4-2/h5-6,9-10H,3-4,7-8,11H2,1-2H3,(H2,20,27,28)(H,21,23,25). The predicted molar refractivity (Wildman–Crippen MR) is 123 cm³/mol. The number of sulfonamides is 1. The first-order chi connectivity index (χ1) is 15.2. The first-order valence-corrected chi connectivity index (χ1v) is 13.2. The number of thiazole rings is 1. The molecule has 0 saturated heterocycles. The SMILES string of the molecule is CCCn1c(SCC(=O)Nc2nc(CC(=O)OCC)cs2)nc2cc(S(N)(=O)=O)ccc21. The molecule has 2 aromatic heterocycles. The van der Waals surface area contributed by atoms with E-state index in [1.165, 1.54) is 35.2 Å². The number of imidazole rings is 1. The number of carbonyl (C=O) groups is 2. The second kappa shape index (κ2) is 10.4. The molecule has 0 fully saturated rings. The number of nitrogens with zero attached hydrogens (tertiary/aromatic N) is 3. The van der Waals surface area contributed by atoms with Crippen LogP contribution in [0.2, 0.25) is 0 Å². The van der Waals surface area contributed by atoms with Crippen molar-refractivity contribution in [2.24, 2.45) is 5.14 Å². The molecule has 0 spiro atoms. The summed E-state index contributed by atoms with van der Waals surface area (Å²) >= 11 is 2.47. The van der Waals surface area contributed by atoms with Crippen molar-refractivity contribution in [3.05, 3.63) is 29.3 Å². The maximum Gasteiger partial charge on any atom is 0.311 e. The second-order valence-electron chi connectivity index (χ2n) is 6.70. The molecular weight excluding hydrogens is 474 g/mol. The third-order valence-electron chi connectivity index (χ3n) is 4.22. The lowest BCUT2D eigenvalue weighted by molar-refractivity contribution is -0.142. The number of fused-ring (bicyclic) bond motifs is 1. The smallest absolute Gasteiger partial charge is 0.311 e. The van der Waals surface area contributed by atoms with E-state index in [0.29, 0.717) is 34.7 Å². The van der Waals surface area contributed by atoms with Gasteiger partial charge in [0.2, 0.25) is 15.9 Å². The van der Waals surface area contributed by atoms with Gasteiger partial charge in [0.25, 0.3) is 0 Å². The van der Waals surface area contributed by atoms with Crippen molar-refractivity contribution < 1.29 is 22.7 Å². The number of primary sulfonamides is 1. The largest absolute Gasteiger partial charge is 0.466 e. The lowest BCUT2D eigenvalue weighted by Gasteiger charge is -2.07. The number of aryl methyl sites for hydroxylation is 1. The van der Waals surface area contributed by atoms with E-state index in [-0.39, 0.29) is 28.9 Å². The number of esters is 1. The molecule has 10 nitrogen and oxygen atoms in total. The number of carbonyl (C=O) groups excluding carboxylic acids is 2. The highest BCUT2D eigenvalue weighted by molar-refractivity contribution is 7.99. The van der Waals surface area contributed by atoms with Crippen molar-refractivity contribution in [3.63, 3.8) is 0 Å². The van der Waals surface area contributed by atoms with Gasteiger partial charge in [0.05, 0.1) is 40.4 Å². The fraction of sp³-hybridized carbons (Fsp3) is 0.368. The van der Waals surface area contributed by atoms with E-state index >= 15 is 0 Å². The minimum absolute atomic E-state index is 0.0113. The summed E-state index contributed by atoms with van der Waals surface area (Å²) in [6.07, 6.45) is 0.890. The van der Waals surface area contributed by atoms with Crippen LogP contribution >= 0.6 is 23.1 Å². The molecular formula is C19H23N5O5S3. The Bertz CT molecular complexity index is 1240. The Morgan fingerprint density at radius 1 is 1.28 bits per heavy atom. The van der Waals surface area contributed by atoms with Gasteiger partial charge in [0.15, 0.2) is 10.3 Å². The fourth-order valence-corrected chi connectivity index (χ4v) is 5.01. The number of benzene rings is 1. The van der Waals surface area contributed by atoms with Crippen LogP contribution in [0.15, 0.2) is 33.6 Å². The molecule has 0 unspecified atom stereocenters. The van der Waals surface area contributed by atoms with Gasteiger partial charge in [0.1, 0.15) is 0 Å². The molecule has 3 rings (SSSR count). The third-order valence-corrected chi connectivity index (χ3v) is 6.92. The maximum absolute atomic E-state index is 12.4. The van der Waals surface area contributed by atoms with Gasteiger partial charge < -0.3 is 14.6 Å². The van der Waals surface area contributed by atoms with Gasteiger partial charge in [0, 0.05) is 11.9 Å². The van der Waals surface area contributed by atoms with Gasteiger partial charge in [-0.1, -0.05) is 18.7 Å². The normalized spacial score (nSPS) is 11.6. The summed E-state index contributed by atoms with van der Waals surface area (Å²) in [5, 5.41) is 10.6. The molecule has 0 atom stereocenters. The Balaban J connectivity index is 1.68. The van der Waals surface area contributed by atoms with Crippen LogP contribution in [0, 0.1) is 0 Å². The number of anilines is 1. The summed E-state index contributed by atoms with van der Waals surface area (Å²) in [5.74, 6) is -0.555. The van der Waals surface area contributed by atoms with Gasteiger partial charge in [-0.25, -0.2) is 23.5 Å². The average molecular weight is 498 g/mol. The zero-order valence-electron chi connectivity index (χ0n) is 17.5. The molecule has 3 aromatic rings. The van der Waals surface area contributed by atoms with Crippen LogP contribution in [0.1, 0.15) is 26.0 Å². The van der Waals surface area contributed by atoms with Crippen LogP contribution in [0.5, 0.6) is 0 Å². The fourth-order valence-electron chi connectivity index (χ4n) is 2.91. The summed E-state index contributed by atoms with van der Waals surface area (Å²) in [7, 11) is -3.83. The Hall–Kier alpha value is -2.48. The van der Waals surface area contributed by atoms with E-state index in [9.17, 15) is 18.0 Å². The highest BCUT2D eigenvalue weighted by Gasteiger charge is 2.17. The van der Waals surface area contributed by atoms with E-state index in [0.717, 1.165) is 11.9 Å². The molecule has 0 bridgehead atoms. The minimum Gasteiger partial charge on any atom is -0.466 e. The number of rotatable bonds is 10. The van der Waals surface area contributed by atoms with Crippen molar-refractivity contribution in [2.45, 2.75) is 43.3 Å². The van der Waals surface area contributed by atoms with Crippen LogP contribution < -0.4 is 10.5 Å². The van der Waals surface area contributed by atoms with Crippen LogP contribution in [0.25, 0.3) is 11.0 Å². The van der Waals surface area contributed by atoms with Gasteiger partial charge in [-0.3, -0.25) is 9.59 Å². The summed E-state index contributed by atoms with van der Waals surface area (Å²) < 4.78 is 30.1. The Labute approximate surface area is 193 Å². The molecule has 3 N–H and O–H groups in total. The highest BCUT2D eigenvalue weighted by atomic mass is 32.2. The average Bonchev–Trinajstić information content (AvgIpc) is 3.30. The molecule has 0 radical (unpaired) electrons. The van der Waals surface area contributed by atoms with E-state index < -0.39 is 10.0 Å². The molecule has 0 aliphatic rings. The Kier molecular flexibility index (Phi) is 7.87. The topological polar surface area (TPSA) is 146 Å². The monoisotopic (exact) mass is 497 g/mol. The molecule has 0 aliphatic carbocycles. The van der Waals surface area contributed by atoms with Crippen LogP contribution in [0.4, 0.5) is 5.13 Å². The summed E-state index contributed by atoms with van der Waals surface area (Å²) in [6.45, 7) is 4.72. The number of nitrogens with two attached hydrogens (primary N) is 1. The van der Waals surface area contributed by atoms with Crippen molar-refractivity contribution >= 4 is 61.2 Å². The molecule has 0 aliphatic heterocycles. The zero-order chi connectivity index (χ0) is 23.3. The summed E-state index contributed by atoms with van der Waals surface area (Å²) in [5.41, 5.74) is 1.80. The van der Waals surface area contributed by atoms with E-state index in [1.54, 1.807) is 18.4 Å². The van der Waals surface area contributed by atoms with Gasteiger partial charge in [-0.15, -0.1) is 11.3 Å². The van der Waals surface area contributed by atoms with E-state index in [1.807, 2.05) is 11.5 Å². The first kappa shape index (κ1) is 24.2. The molecule has 1 amide bonds. The quantitative estimate of drug-likeness (QED) is 0.321. The number of ether oxygens (including phenoxy) is 1. The number of hydrogen-bond acceptors (Lipinski definition) is 9. The highest BCUT2D eigenvalue weighted by Crippen LogP contribution is 2.27. The second-order valence-corrected chi connectivity index (χ2v) is 10.1. The van der Waals surface area contributed by atoms with Crippen LogP contribution in [-0.2, 0) is 37.3 Å². The molecule has 0 saturated carbocycles. The van der Waals surface area contributed by atoms with Crippen LogP contribution in [0.3, 0.4) is 0 Å². The molecule has 172 valence electrons. The third kappa shape index (κ3) is 6.06. The number of thioether (sulfide) groups is 1. The van der Waals surface area contributed by atoms with Crippen molar-refractivity contribution in [1.29, 1.82) is 0 Å². The lowest BCUT2D eigenvalue weighted by Crippen LogP contribution is -2.15. The summed E-state index contributed by atoms with van der Waals surface area (Å²) in [4.78, 5) is 32.7. The van der Waals surface area contributed by atoms with Crippen molar-refractivity contribution in [3.8, 4) is 0 Å². The van der Waals surface area contributed by atoms with Crippen LogP contribution in [-0.4, -0.2) is 47.2 Å². The number of aromatic nitrogens is 3. The summed E-state index contributed by atoms with van der Waals surface area (Å²) in [6, 6.07) is 4.55.